The third kappa shape index (κ3) is 2.45. The van der Waals surface area contributed by atoms with Gasteiger partial charge in [0.15, 0.2) is 0 Å². The van der Waals surface area contributed by atoms with Crippen LogP contribution in [0.15, 0.2) is 48.7 Å². The standard InChI is InChI=1S/C16H16N4O/c1-2-20-15(14(17)10-18-20)16(21)19-13-8-7-11-5-3-4-6-12(11)9-13/h3-10H,2,17H2,1H3,(H,19,21). The van der Waals surface area contributed by atoms with E-state index in [1.807, 2.05) is 49.4 Å². The van der Waals surface area contributed by atoms with Crippen molar-refractivity contribution in [2.75, 3.05) is 11.1 Å². The molecule has 0 fully saturated rings. The fourth-order valence-corrected chi connectivity index (χ4v) is 2.35. The van der Waals surface area contributed by atoms with Crippen LogP contribution in [-0.4, -0.2) is 15.7 Å². The summed E-state index contributed by atoms with van der Waals surface area (Å²) in [6.07, 6.45) is 1.50. The van der Waals surface area contributed by atoms with Crippen molar-refractivity contribution in [1.29, 1.82) is 0 Å². The Labute approximate surface area is 122 Å². The predicted molar refractivity (Wildman–Crippen MR) is 84.2 cm³/mol. The summed E-state index contributed by atoms with van der Waals surface area (Å²) in [7, 11) is 0. The number of rotatable bonds is 3. The summed E-state index contributed by atoms with van der Waals surface area (Å²) in [6, 6.07) is 13.8. The lowest BCUT2D eigenvalue weighted by Crippen LogP contribution is -2.18. The Morgan fingerprint density at radius 2 is 2.00 bits per heavy atom. The van der Waals surface area contributed by atoms with Gasteiger partial charge < -0.3 is 11.1 Å². The molecule has 0 bridgehead atoms. The summed E-state index contributed by atoms with van der Waals surface area (Å²) in [5.41, 5.74) is 7.33. The van der Waals surface area contributed by atoms with E-state index in [0.29, 0.717) is 17.9 Å². The maximum atomic E-state index is 12.4. The second kappa shape index (κ2) is 5.28. The Kier molecular flexibility index (Phi) is 3.31. The molecule has 0 aliphatic rings. The van der Waals surface area contributed by atoms with Crippen molar-refractivity contribution in [1.82, 2.24) is 9.78 Å². The zero-order chi connectivity index (χ0) is 14.8. The maximum absolute atomic E-state index is 12.4. The molecule has 1 heterocycles. The van der Waals surface area contributed by atoms with E-state index in [1.165, 1.54) is 6.20 Å². The molecule has 0 atom stereocenters. The highest BCUT2D eigenvalue weighted by atomic mass is 16.2. The molecule has 0 unspecified atom stereocenters. The van der Waals surface area contributed by atoms with Crippen LogP contribution in [0.4, 0.5) is 11.4 Å². The van der Waals surface area contributed by atoms with Gasteiger partial charge in [0.1, 0.15) is 5.69 Å². The minimum atomic E-state index is -0.248. The molecule has 0 aliphatic heterocycles. The molecule has 3 N–H and O–H groups in total. The number of nitrogens with two attached hydrogens (primary N) is 1. The fraction of sp³-hybridized carbons (Fsp3) is 0.125. The number of fused-ring (bicyclic) bond motifs is 1. The van der Waals surface area contributed by atoms with E-state index < -0.39 is 0 Å². The van der Waals surface area contributed by atoms with Crippen LogP contribution in [0.2, 0.25) is 0 Å². The summed E-state index contributed by atoms with van der Waals surface area (Å²) in [5.74, 6) is -0.248. The van der Waals surface area contributed by atoms with Gasteiger partial charge in [-0.15, -0.1) is 0 Å². The van der Waals surface area contributed by atoms with Crippen LogP contribution in [0, 0.1) is 0 Å². The normalized spacial score (nSPS) is 10.7. The number of nitrogen functional groups attached to an aromatic ring is 1. The monoisotopic (exact) mass is 280 g/mol. The maximum Gasteiger partial charge on any atom is 0.276 e. The molecule has 2 aromatic carbocycles. The summed E-state index contributed by atoms with van der Waals surface area (Å²) in [4.78, 5) is 12.4. The lowest BCUT2D eigenvalue weighted by molar-refractivity contribution is 0.101. The molecule has 0 aliphatic carbocycles. The lowest BCUT2D eigenvalue weighted by atomic mass is 10.1. The van der Waals surface area contributed by atoms with E-state index in [2.05, 4.69) is 10.4 Å². The molecule has 0 radical (unpaired) electrons. The molecule has 1 amide bonds. The second-order valence-electron chi connectivity index (χ2n) is 4.78. The first kappa shape index (κ1) is 13.2. The van der Waals surface area contributed by atoms with Gasteiger partial charge in [-0.2, -0.15) is 5.10 Å². The lowest BCUT2D eigenvalue weighted by Gasteiger charge is -2.08. The Morgan fingerprint density at radius 3 is 2.76 bits per heavy atom. The number of hydrogen-bond acceptors (Lipinski definition) is 3. The molecule has 106 valence electrons. The van der Waals surface area contributed by atoms with Crippen molar-refractivity contribution in [2.45, 2.75) is 13.5 Å². The Hall–Kier alpha value is -2.82. The zero-order valence-electron chi connectivity index (χ0n) is 11.7. The van der Waals surface area contributed by atoms with Gasteiger partial charge in [0.2, 0.25) is 0 Å². The highest BCUT2D eigenvalue weighted by Gasteiger charge is 2.16. The number of hydrogen-bond donors (Lipinski definition) is 2. The Balaban J connectivity index is 1.90. The predicted octanol–water partition coefficient (Wildman–Crippen LogP) is 2.89. The average molecular weight is 280 g/mol. The van der Waals surface area contributed by atoms with E-state index in [1.54, 1.807) is 4.68 Å². The number of aryl methyl sites for hydroxylation is 1. The van der Waals surface area contributed by atoms with Gasteiger partial charge in [0.05, 0.1) is 11.9 Å². The highest BCUT2D eigenvalue weighted by molar-refractivity contribution is 6.07. The summed E-state index contributed by atoms with van der Waals surface area (Å²) < 4.78 is 1.59. The molecule has 0 spiro atoms. The first-order valence-electron chi connectivity index (χ1n) is 6.80. The molecular weight excluding hydrogens is 264 g/mol. The summed E-state index contributed by atoms with van der Waals surface area (Å²) in [6.45, 7) is 2.51. The highest BCUT2D eigenvalue weighted by Crippen LogP contribution is 2.20. The van der Waals surface area contributed by atoms with Crippen molar-refractivity contribution in [3.8, 4) is 0 Å². The van der Waals surface area contributed by atoms with Crippen molar-refractivity contribution in [2.24, 2.45) is 0 Å². The number of carbonyl (C=O) groups excluding carboxylic acids is 1. The quantitative estimate of drug-likeness (QED) is 0.774. The SMILES string of the molecule is CCn1ncc(N)c1C(=O)Nc1ccc2ccccc2c1. The van der Waals surface area contributed by atoms with Crippen LogP contribution < -0.4 is 11.1 Å². The van der Waals surface area contributed by atoms with E-state index in [9.17, 15) is 4.79 Å². The summed E-state index contributed by atoms with van der Waals surface area (Å²) in [5, 5.41) is 9.16. The third-order valence-corrected chi connectivity index (χ3v) is 3.39. The molecule has 0 saturated carbocycles. The van der Waals surface area contributed by atoms with Gasteiger partial charge >= 0.3 is 0 Å². The van der Waals surface area contributed by atoms with Gasteiger partial charge in [-0.25, -0.2) is 0 Å². The Bertz CT molecular complexity index is 807. The minimum absolute atomic E-state index is 0.248. The van der Waals surface area contributed by atoms with Gasteiger partial charge in [-0.1, -0.05) is 30.3 Å². The molecule has 1 aromatic heterocycles. The van der Waals surface area contributed by atoms with E-state index in [0.717, 1.165) is 16.5 Å². The van der Waals surface area contributed by atoms with Crippen LogP contribution in [0.25, 0.3) is 10.8 Å². The van der Waals surface area contributed by atoms with E-state index >= 15 is 0 Å². The van der Waals surface area contributed by atoms with Gasteiger partial charge in [0, 0.05) is 12.2 Å². The van der Waals surface area contributed by atoms with Crippen molar-refractivity contribution < 1.29 is 4.79 Å². The molecule has 3 aromatic rings. The van der Waals surface area contributed by atoms with Crippen LogP contribution >= 0.6 is 0 Å². The molecule has 0 saturated heterocycles. The van der Waals surface area contributed by atoms with Gasteiger partial charge in [-0.3, -0.25) is 9.48 Å². The van der Waals surface area contributed by atoms with Crippen molar-refractivity contribution in [3.63, 3.8) is 0 Å². The number of amides is 1. The zero-order valence-corrected chi connectivity index (χ0v) is 11.7. The number of aromatic nitrogens is 2. The van der Waals surface area contributed by atoms with Crippen LogP contribution in [0.3, 0.4) is 0 Å². The third-order valence-electron chi connectivity index (χ3n) is 3.39. The molecule has 5 heteroatoms. The van der Waals surface area contributed by atoms with Gasteiger partial charge in [-0.05, 0) is 29.8 Å². The first-order chi connectivity index (χ1) is 10.2. The average Bonchev–Trinajstić information content (AvgIpc) is 2.88. The van der Waals surface area contributed by atoms with Gasteiger partial charge in [0.25, 0.3) is 5.91 Å². The van der Waals surface area contributed by atoms with Crippen molar-refractivity contribution in [3.05, 3.63) is 54.4 Å². The fourth-order valence-electron chi connectivity index (χ4n) is 2.35. The number of carbonyl (C=O) groups is 1. The second-order valence-corrected chi connectivity index (χ2v) is 4.78. The summed E-state index contributed by atoms with van der Waals surface area (Å²) >= 11 is 0. The number of nitrogens with one attached hydrogen (secondary N) is 1. The molecule has 21 heavy (non-hydrogen) atoms. The number of benzene rings is 2. The Morgan fingerprint density at radius 1 is 1.24 bits per heavy atom. The largest absolute Gasteiger partial charge is 0.396 e. The van der Waals surface area contributed by atoms with Crippen LogP contribution in [0.5, 0.6) is 0 Å². The topological polar surface area (TPSA) is 72.9 Å². The number of anilines is 2. The van der Waals surface area contributed by atoms with E-state index in [-0.39, 0.29) is 5.91 Å². The molecule has 3 rings (SSSR count). The number of nitrogens with zero attached hydrogens (tertiary/aromatic N) is 2. The van der Waals surface area contributed by atoms with Crippen LogP contribution in [-0.2, 0) is 6.54 Å². The minimum Gasteiger partial charge on any atom is -0.396 e. The van der Waals surface area contributed by atoms with Crippen LogP contribution in [0.1, 0.15) is 17.4 Å². The first-order valence-corrected chi connectivity index (χ1v) is 6.80. The smallest absolute Gasteiger partial charge is 0.276 e. The molecule has 5 nitrogen and oxygen atoms in total. The van der Waals surface area contributed by atoms with E-state index in [4.69, 9.17) is 5.73 Å². The van der Waals surface area contributed by atoms with Crippen molar-refractivity contribution >= 4 is 28.1 Å². The molecular formula is C16H16N4O.